The highest BCUT2D eigenvalue weighted by Gasteiger charge is 2.53. The molecule has 5 nitrogen and oxygen atoms in total. The van der Waals surface area contributed by atoms with Gasteiger partial charge in [-0.3, -0.25) is 0 Å². The number of benzene rings is 3. The fourth-order valence-electron chi connectivity index (χ4n) is 3.65. The molecule has 0 saturated carbocycles. The van der Waals surface area contributed by atoms with E-state index in [9.17, 15) is 15.0 Å². The molecule has 0 aliphatic carbocycles. The van der Waals surface area contributed by atoms with E-state index in [1.165, 1.54) is 24.3 Å². The predicted octanol–water partition coefficient (Wildman–Crippen LogP) is 4.24. The number of esters is 1. The van der Waals surface area contributed by atoms with Gasteiger partial charge in [-0.05, 0) is 30.3 Å². The molecule has 26 heavy (non-hydrogen) atoms. The van der Waals surface area contributed by atoms with Gasteiger partial charge in [-0.1, -0.05) is 18.2 Å². The second kappa shape index (κ2) is 5.51. The highest BCUT2D eigenvalue weighted by atomic mass is 79.9. The Balaban J connectivity index is 0.00000168. The van der Waals surface area contributed by atoms with Crippen molar-refractivity contribution in [3.05, 3.63) is 82.9 Å². The second-order valence-electron chi connectivity index (χ2n) is 6.08. The predicted molar refractivity (Wildman–Crippen MR) is 98.3 cm³/mol. The van der Waals surface area contributed by atoms with Gasteiger partial charge in [0.25, 0.3) is 0 Å². The maximum atomic E-state index is 12.5. The first kappa shape index (κ1) is 16.5. The molecule has 6 heteroatoms. The Labute approximate surface area is 159 Å². The monoisotopic (exact) mass is 412 g/mol. The summed E-state index contributed by atoms with van der Waals surface area (Å²) < 4.78 is 11.8. The quantitative estimate of drug-likeness (QED) is 0.540. The standard InChI is InChI=1S/C20H12O5.BrH/c21-11-5-7-15-17(9-11)24-18-10-12(22)6-8-16(18)20(15)14-4-2-1-3-13(14)19(23)25-20;/h1-10,21-22H;1H. The summed E-state index contributed by atoms with van der Waals surface area (Å²) in [4.78, 5) is 12.5. The minimum Gasteiger partial charge on any atom is -0.508 e. The minimum absolute atomic E-state index is 0. The summed E-state index contributed by atoms with van der Waals surface area (Å²) in [7, 11) is 0. The third-order valence-corrected chi connectivity index (χ3v) is 4.68. The zero-order chi connectivity index (χ0) is 17.2. The van der Waals surface area contributed by atoms with Crippen LogP contribution in [-0.2, 0) is 10.3 Å². The van der Waals surface area contributed by atoms with Crippen molar-refractivity contribution in [2.24, 2.45) is 0 Å². The minimum atomic E-state index is -1.17. The molecule has 0 unspecified atom stereocenters. The van der Waals surface area contributed by atoms with Crippen LogP contribution in [-0.4, -0.2) is 16.2 Å². The van der Waals surface area contributed by atoms with Crippen molar-refractivity contribution in [2.75, 3.05) is 0 Å². The van der Waals surface area contributed by atoms with E-state index in [4.69, 9.17) is 9.47 Å². The second-order valence-corrected chi connectivity index (χ2v) is 6.08. The van der Waals surface area contributed by atoms with E-state index in [-0.39, 0.29) is 28.5 Å². The van der Waals surface area contributed by atoms with Crippen LogP contribution in [0, 0.1) is 0 Å². The van der Waals surface area contributed by atoms with Crippen molar-refractivity contribution >= 4 is 23.0 Å². The molecular formula is C20H13BrO5. The van der Waals surface area contributed by atoms with Crippen molar-refractivity contribution in [1.82, 2.24) is 0 Å². The number of ether oxygens (including phenoxy) is 2. The first-order chi connectivity index (χ1) is 12.1. The SMILES string of the molecule is Br.O=C1OC2(c3ccc(O)cc3Oc3cc(O)ccc32)c2ccccc21. The van der Waals surface area contributed by atoms with Crippen LogP contribution in [0.1, 0.15) is 27.0 Å². The fourth-order valence-corrected chi connectivity index (χ4v) is 3.65. The molecular weight excluding hydrogens is 400 g/mol. The molecule has 3 aromatic carbocycles. The summed E-state index contributed by atoms with van der Waals surface area (Å²) in [6.07, 6.45) is 0. The van der Waals surface area contributed by atoms with E-state index in [1.807, 2.05) is 12.1 Å². The van der Waals surface area contributed by atoms with Crippen LogP contribution >= 0.6 is 17.0 Å². The first-order valence-electron chi connectivity index (χ1n) is 7.77. The van der Waals surface area contributed by atoms with E-state index < -0.39 is 11.6 Å². The molecule has 130 valence electrons. The lowest BCUT2D eigenvalue weighted by atomic mass is 9.77. The summed E-state index contributed by atoms with van der Waals surface area (Å²) >= 11 is 0. The number of hydrogen-bond donors (Lipinski definition) is 2. The maximum absolute atomic E-state index is 12.5. The van der Waals surface area contributed by atoms with Gasteiger partial charge in [0.05, 0.1) is 5.56 Å². The van der Waals surface area contributed by atoms with Crippen LogP contribution in [0.3, 0.4) is 0 Å². The zero-order valence-electron chi connectivity index (χ0n) is 13.3. The number of hydrogen-bond acceptors (Lipinski definition) is 5. The number of halogens is 1. The van der Waals surface area contributed by atoms with Crippen LogP contribution in [0.25, 0.3) is 0 Å². The summed E-state index contributed by atoms with van der Waals surface area (Å²) in [5.74, 6) is 0.408. The lowest BCUT2D eigenvalue weighted by molar-refractivity contribution is 0.0224. The Bertz CT molecular complexity index is 1010. The highest BCUT2D eigenvalue weighted by Crippen LogP contribution is 2.56. The largest absolute Gasteiger partial charge is 0.508 e. The van der Waals surface area contributed by atoms with Gasteiger partial charge < -0.3 is 19.7 Å². The number of carbonyl (C=O) groups is 1. The van der Waals surface area contributed by atoms with Gasteiger partial charge in [0, 0.05) is 28.8 Å². The normalized spacial score (nSPS) is 15.2. The molecule has 0 radical (unpaired) electrons. The Morgan fingerprint density at radius 3 is 1.96 bits per heavy atom. The van der Waals surface area contributed by atoms with Gasteiger partial charge in [-0.2, -0.15) is 0 Å². The van der Waals surface area contributed by atoms with Crippen LogP contribution in [0.5, 0.6) is 23.0 Å². The molecule has 0 bridgehead atoms. The lowest BCUT2D eigenvalue weighted by Crippen LogP contribution is -2.32. The summed E-state index contributed by atoms with van der Waals surface area (Å²) in [5.41, 5.74) is 1.28. The van der Waals surface area contributed by atoms with Crippen LogP contribution in [0.15, 0.2) is 60.7 Å². The fraction of sp³-hybridized carbons (Fsp3) is 0.0500. The molecule has 2 aliphatic heterocycles. The molecule has 2 heterocycles. The summed E-state index contributed by atoms with van der Waals surface area (Å²) in [6.45, 7) is 0. The van der Waals surface area contributed by atoms with Gasteiger partial charge >= 0.3 is 5.97 Å². The van der Waals surface area contributed by atoms with E-state index in [1.54, 1.807) is 24.3 Å². The number of fused-ring (bicyclic) bond motifs is 6. The van der Waals surface area contributed by atoms with Crippen molar-refractivity contribution < 1.29 is 24.5 Å². The molecule has 0 amide bonds. The van der Waals surface area contributed by atoms with Crippen LogP contribution in [0.2, 0.25) is 0 Å². The number of aromatic hydroxyl groups is 2. The molecule has 0 fully saturated rings. The van der Waals surface area contributed by atoms with Crippen molar-refractivity contribution in [2.45, 2.75) is 5.60 Å². The third kappa shape index (κ3) is 1.99. The molecule has 1 spiro atoms. The smallest absolute Gasteiger partial charge is 0.340 e. The van der Waals surface area contributed by atoms with E-state index in [0.717, 1.165) is 0 Å². The van der Waals surface area contributed by atoms with Crippen molar-refractivity contribution in [3.63, 3.8) is 0 Å². The lowest BCUT2D eigenvalue weighted by Gasteiger charge is -2.36. The van der Waals surface area contributed by atoms with Crippen molar-refractivity contribution in [1.29, 1.82) is 0 Å². The maximum Gasteiger partial charge on any atom is 0.340 e. The van der Waals surface area contributed by atoms with E-state index in [2.05, 4.69) is 0 Å². The third-order valence-electron chi connectivity index (χ3n) is 4.68. The van der Waals surface area contributed by atoms with Crippen LogP contribution in [0.4, 0.5) is 0 Å². The Morgan fingerprint density at radius 2 is 1.35 bits per heavy atom. The number of phenolic OH excluding ortho intramolecular Hbond substituents is 2. The van der Waals surface area contributed by atoms with E-state index >= 15 is 0 Å². The Morgan fingerprint density at radius 1 is 0.769 bits per heavy atom. The van der Waals surface area contributed by atoms with Crippen molar-refractivity contribution in [3.8, 4) is 23.0 Å². The van der Waals surface area contributed by atoms with Gasteiger partial charge in [0.2, 0.25) is 0 Å². The first-order valence-corrected chi connectivity index (χ1v) is 7.77. The number of phenols is 2. The Hall–Kier alpha value is -2.99. The van der Waals surface area contributed by atoms with Gasteiger partial charge in [0.15, 0.2) is 5.60 Å². The topological polar surface area (TPSA) is 76.0 Å². The molecule has 3 aromatic rings. The molecule has 5 rings (SSSR count). The Kier molecular flexibility index (Phi) is 3.49. The highest BCUT2D eigenvalue weighted by molar-refractivity contribution is 8.93. The molecule has 2 aliphatic rings. The van der Waals surface area contributed by atoms with Gasteiger partial charge in [-0.15, -0.1) is 17.0 Å². The molecule has 2 N–H and O–H groups in total. The van der Waals surface area contributed by atoms with Crippen LogP contribution < -0.4 is 4.74 Å². The zero-order valence-corrected chi connectivity index (χ0v) is 15.0. The van der Waals surface area contributed by atoms with Gasteiger partial charge in [0.1, 0.15) is 23.0 Å². The molecule has 0 aromatic heterocycles. The number of rotatable bonds is 0. The summed E-state index contributed by atoms with van der Waals surface area (Å²) in [6, 6.07) is 16.6. The number of carbonyl (C=O) groups excluding carboxylic acids is 1. The van der Waals surface area contributed by atoms with E-state index in [0.29, 0.717) is 33.8 Å². The molecule has 0 saturated heterocycles. The molecule has 0 atom stereocenters. The van der Waals surface area contributed by atoms with Gasteiger partial charge in [-0.25, -0.2) is 4.79 Å². The average molecular weight is 413 g/mol. The summed E-state index contributed by atoms with van der Waals surface area (Å²) in [5, 5.41) is 19.7. The average Bonchev–Trinajstić information content (AvgIpc) is 2.88.